The van der Waals surface area contributed by atoms with Crippen LogP contribution in [0, 0.1) is 0 Å². The van der Waals surface area contributed by atoms with Gasteiger partial charge < -0.3 is 9.47 Å². The summed E-state index contributed by atoms with van der Waals surface area (Å²) in [6.45, 7) is 7.10. The van der Waals surface area contributed by atoms with Crippen molar-refractivity contribution in [1.82, 2.24) is 0 Å². The van der Waals surface area contributed by atoms with Crippen molar-refractivity contribution in [2.45, 2.75) is 39.1 Å². The van der Waals surface area contributed by atoms with Gasteiger partial charge in [0.1, 0.15) is 0 Å². The molecule has 0 bridgehead atoms. The Labute approximate surface area is 103 Å². The molecule has 0 aromatic heterocycles. The monoisotopic (exact) mass is 232 g/mol. The molecule has 1 heterocycles. The fourth-order valence-corrected chi connectivity index (χ4v) is 1.82. The van der Waals surface area contributed by atoms with Crippen LogP contribution >= 0.6 is 0 Å². The summed E-state index contributed by atoms with van der Waals surface area (Å²) >= 11 is 0. The third kappa shape index (κ3) is 3.42. The molecule has 0 saturated carbocycles. The second-order valence-electron chi connectivity index (χ2n) is 4.83. The van der Waals surface area contributed by atoms with Crippen LogP contribution in [0.5, 0.6) is 0 Å². The molecule has 2 nitrogen and oxygen atoms in total. The van der Waals surface area contributed by atoms with Crippen molar-refractivity contribution in [3.8, 4) is 0 Å². The van der Waals surface area contributed by atoms with Gasteiger partial charge in [0.25, 0.3) is 0 Å². The van der Waals surface area contributed by atoms with E-state index in [1.54, 1.807) is 0 Å². The van der Waals surface area contributed by atoms with Crippen LogP contribution in [0.3, 0.4) is 0 Å². The molecule has 2 heteroatoms. The lowest BCUT2D eigenvalue weighted by molar-refractivity contribution is -0.0155. The van der Waals surface area contributed by atoms with Crippen molar-refractivity contribution in [1.29, 1.82) is 0 Å². The van der Waals surface area contributed by atoms with Gasteiger partial charge in [-0.25, -0.2) is 0 Å². The molecule has 0 radical (unpaired) electrons. The maximum absolute atomic E-state index is 5.54. The summed E-state index contributed by atoms with van der Waals surface area (Å²) in [5.74, 6) is 0.579. The largest absolute Gasteiger partial charge is 0.346 e. The van der Waals surface area contributed by atoms with Crippen LogP contribution in [-0.4, -0.2) is 19.0 Å². The van der Waals surface area contributed by atoms with Crippen LogP contribution in [0.4, 0.5) is 0 Å². The third-order valence-corrected chi connectivity index (χ3v) is 2.91. The van der Waals surface area contributed by atoms with Crippen molar-refractivity contribution < 1.29 is 9.47 Å². The summed E-state index contributed by atoms with van der Waals surface area (Å²) in [6, 6.07) is 8.60. The Morgan fingerprint density at radius 1 is 1.24 bits per heavy atom. The summed E-state index contributed by atoms with van der Waals surface area (Å²) in [6.07, 6.45) is 4.03. The van der Waals surface area contributed by atoms with E-state index in [-0.39, 0.29) is 12.4 Å². The number of hydrogen-bond donors (Lipinski definition) is 0. The van der Waals surface area contributed by atoms with E-state index in [0.29, 0.717) is 12.5 Å². The lowest BCUT2D eigenvalue weighted by Gasteiger charge is -2.06. The summed E-state index contributed by atoms with van der Waals surface area (Å²) in [5, 5.41) is 0. The van der Waals surface area contributed by atoms with E-state index in [1.807, 2.05) is 19.1 Å². The minimum Gasteiger partial charge on any atom is -0.346 e. The molecular formula is C15H20O2. The van der Waals surface area contributed by atoms with E-state index >= 15 is 0 Å². The molecule has 2 atom stereocenters. The van der Waals surface area contributed by atoms with E-state index in [1.165, 1.54) is 11.1 Å². The number of ether oxygens (including phenoxy) is 2. The lowest BCUT2D eigenvalue weighted by atomic mass is 10.0. The van der Waals surface area contributed by atoms with E-state index in [0.717, 1.165) is 0 Å². The second kappa shape index (κ2) is 5.48. The molecule has 1 aromatic carbocycles. The molecule has 92 valence electrons. The molecule has 0 N–H and O–H groups in total. The fraction of sp³-hybridized carbons (Fsp3) is 0.467. The molecular weight excluding hydrogens is 212 g/mol. The highest BCUT2D eigenvalue weighted by Crippen LogP contribution is 2.17. The molecule has 17 heavy (non-hydrogen) atoms. The zero-order chi connectivity index (χ0) is 12.3. The molecule has 1 aromatic rings. The maximum atomic E-state index is 5.54. The van der Waals surface area contributed by atoms with E-state index < -0.39 is 0 Å². The first-order valence-electron chi connectivity index (χ1n) is 6.20. The van der Waals surface area contributed by atoms with Gasteiger partial charge in [0, 0.05) is 0 Å². The second-order valence-corrected chi connectivity index (χ2v) is 4.83. The highest BCUT2D eigenvalue weighted by Gasteiger charge is 2.19. The average Bonchev–Trinajstić information content (AvgIpc) is 2.73. The Kier molecular flexibility index (Phi) is 3.97. The molecule has 0 aliphatic carbocycles. The molecule has 1 aliphatic rings. The van der Waals surface area contributed by atoms with Crippen LogP contribution in [-0.2, 0) is 9.47 Å². The minimum atomic E-state index is -0.185. The Morgan fingerprint density at radius 3 is 2.47 bits per heavy atom. The number of benzene rings is 1. The Bertz CT molecular complexity index is 378. The zero-order valence-electron chi connectivity index (χ0n) is 10.7. The molecule has 2 unspecified atom stereocenters. The minimum absolute atomic E-state index is 0.185. The summed E-state index contributed by atoms with van der Waals surface area (Å²) < 4.78 is 11.0. The molecule has 2 rings (SSSR count). The highest BCUT2D eigenvalue weighted by molar-refractivity contribution is 5.50. The van der Waals surface area contributed by atoms with E-state index in [4.69, 9.17) is 9.47 Å². The Morgan fingerprint density at radius 2 is 1.94 bits per heavy atom. The molecule has 0 spiro atoms. The van der Waals surface area contributed by atoms with Gasteiger partial charge >= 0.3 is 0 Å². The predicted octanol–water partition coefficient (Wildman–Crippen LogP) is 3.58. The molecule has 1 saturated heterocycles. The first kappa shape index (κ1) is 12.3. The van der Waals surface area contributed by atoms with Crippen LogP contribution in [0.15, 0.2) is 30.3 Å². The third-order valence-electron chi connectivity index (χ3n) is 2.91. The van der Waals surface area contributed by atoms with E-state index in [2.05, 4.69) is 38.1 Å². The molecule has 1 fully saturated rings. The zero-order valence-corrected chi connectivity index (χ0v) is 10.7. The van der Waals surface area contributed by atoms with Crippen LogP contribution < -0.4 is 0 Å². The van der Waals surface area contributed by atoms with Crippen molar-refractivity contribution in [3.63, 3.8) is 0 Å². The number of rotatable bonds is 3. The topological polar surface area (TPSA) is 18.5 Å². The Balaban J connectivity index is 1.96. The van der Waals surface area contributed by atoms with Crippen molar-refractivity contribution in [3.05, 3.63) is 41.5 Å². The fourth-order valence-electron chi connectivity index (χ4n) is 1.82. The van der Waals surface area contributed by atoms with Gasteiger partial charge in [0.05, 0.1) is 12.7 Å². The standard InChI is InChI=1S/C15H20O2/c1-11(2)14-7-4-13(5-8-14)6-9-15-16-10-12(3)17-15/h4-9,11-12,15H,10H2,1-3H3. The first-order valence-corrected chi connectivity index (χ1v) is 6.20. The average molecular weight is 232 g/mol. The van der Waals surface area contributed by atoms with Gasteiger partial charge in [-0.05, 0) is 30.0 Å². The van der Waals surface area contributed by atoms with Crippen LogP contribution in [0.25, 0.3) is 6.08 Å². The maximum Gasteiger partial charge on any atom is 0.177 e. The van der Waals surface area contributed by atoms with Gasteiger partial charge in [0.15, 0.2) is 6.29 Å². The van der Waals surface area contributed by atoms with Gasteiger partial charge in [-0.2, -0.15) is 0 Å². The lowest BCUT2D eigenvalue weighted by Crippen LogP contribution is -2.05. The van der Waals surface area contributed by atoms with Gasteiger partial charge in [0.2, 0.25) is 0 Å². The predicted molar refractivity (Wildman–Crippen MR) is 69.9 cm³/mol. The molecule has 1 aliphatic heterocycles. The van der Waals surface area contributed by atoms with Crippen molar-refractivity contribution in [2.75, 3.05) is 6.61 Å². The summed E-state index contributed by atoms with van der Waals surface area (Å²) in [5.41, 5.74) is 2.55. The van der Waals surface area contributed by atoms with E-state index in [9.17, 15) is 0 Å². The van der Waals surface area contributed by atoms with Crippen molar-refractivity contribution in [2.24, 2.45) is 0 Å². The smallest absolute Gasteiger partial charge is 0.177 e. The van der Waals surface area contributed by atoms with Crippen LogP contribution in [0.2, 0.25) is 0 Å². The van der Waals surface area contributed by atoms with Crippen molar-refractivity contribution >= 4 is 6.08 Å². The quantitative estimate of drug-likeness (QED) is 0.793. The molecule has 0 amide bonds. The SMILES string of the molecule is CC1COC(C=Cc2ccc(C(C)C)cc2)O1. The first-order chi connectivity index (χ1) is 8.15. The van der Waals surface area contributed by atoms with Gasteiger partial charge in [-0.3, -0.25) is 0 Å². The Hall–Kier alpha value is -1.12. The number of hydrogen-bond acceptors (Lipinski definition) is 2. The summed E-state index contributed by atoms with van der Waals surface area (Å²) in [4.78, 5) is 0. The highest BCUT2D eigenvalue weighted by atomic mass is 16.7. The summed E-state index contributed by atoms with van der Waals surface area (Å²) in [7, 11) is 0. The van der Waals surface area contributed by atoms with Gasteiger partial charge in [-0.1, -0.05) is 44.2 Å². The normalized spacial score (nSPS) is 24.9. The van der Waals surface area contributed by atoms with Crippen LogP contribution in [0.1, 0.15) is 37.8 Å². The van der Waals surface area contributed by atoms with Gasteiger partial charge in [-0.15, -0.1) is 0 Å².